The predicted octanol–water partition coefficient (Wildman–Crippen LogP) is 4.36. The van der Waals surface area contributed by atoms with Crippen LogP contribution in [0.25, 0.3) is 0 Å². The number of nitrogens with one attached hydrogen (secondary N) is 1. The van der Waals surface area contributed by atoms with Crippen LogP contribution in [-0.2, 0) is 17.6 Å². The van der Waals surface area contributed by atoms with Gasteiger partial charge in [0.2, 0.25) is 0 Å². The molecule has 0 aliphatic rings. The number of hydrogen-bond acceptors (Lipinski definition) is 4. The minimum absolute atomic E-state index is 0.0436. The van der Waals surface area contributed by atoms with Gasteiger partial charge in [0.25, 0.3) is 0 Å². The van der Waals surface area contributed by atoms with Crippen molar-refractivity contribution in [3.05, 3.63) is 77.9 Å². The Hall–Kier alpha value is -2.79. The van der Waals surface area contributed by atoms with E-state index in [2.05, 4.69) is 34.2 Å². The minimum Gasteiger partial charge on any atom is -0.497 e. The molecule has 0 fully saturated rings. The molecule has 1 unspecified atom stereocenters. The first-order valence-corrected chi connectivity index (χ1v) is 9.15. The molecule has 3 aromatic rings. The summed E-state index contributed by atoms with van der Waals surface area (Å²) >= 11 is 0. The fourth-order valence-electron chi connectivity index (χ4n) is 2.97. The maximum atomic E-state index is 6.22. The molecule has 1 atom stereocenters. The number of rotatable bonds is 10. The number of ether oxygens (including phenoxy) is 3. The van der Waals surface area contributed by atoms with Crippen LogP contribution in [0.15, 0.2) is 60.9 Å². The Bertz CT molecular complexity index is 783. The molecular weight excluding hydrogens is 340 g/mol. The van der Waals surface area contributed by atoms with E-state index in [1.807, 2.05) is 30.5 Å². The average molecular weight is 366 g/mol. The van der Waals surface area contributed by atoms with Crippen molar-refractivity contribution in [3.8, 4) is 11.5 Å². The Morgan fingerprint density at radius 2 is 1.59 bits per heavy atom. The van der Waals surface area contributed by atoms with Gasteiger partial charge in [0.1, 0.15) is 17.3 Å². The molecular formula is C22H26N2O3. The predicted molar refractivity (Wildman–Crippen MR) is 105 cm³/mol. The number of H-pyrrole nitrogens is 1. The maximum Gasteiger partial charge on any atom is 0.118 e. The highest BCUT2D eigenvalue weighted by Crippen LogP contribution is 2.24. The zero-order chi connectivity index (χ0) is 18.9. The molecule has 0 amide bonds. The molecule has 1 N–H and O–H groups in total. The first kappa shape index (κ1) is 19.0. The smallest absolute Gasteiger partial charge is 0.118 e. The van der Waals surface area contributed by atoms with E-state index in [0.717, 1.165) is 35.7 Å². The Kier molecular flexibility index (Phi) is 6.88. The van der Waals surface area contributed by atoms with Crippen LogP contribution in [-0.4, -0.2) is 30.8 Å². The van der Waals surface area contributed by atoms with Crippen LogP contribution in [0.1, 0.15) is 29.5 Å². The van der Waals surface area contributed by atoms with Gasteiger partial charge in [-0.25, -0.2) is 4.98 Å². The maximum absolute atomic E-state index is 6.22. The molecule has 2 aromatic carbocycles. The Balaban J connectivity index is 1.56. The molecule has 27 heavy (non-hydrogen) atoms. The summed E-state index contributed by atoms with van der Waals surface area (Å²) in [5.74, 6) is 2.65. The van der Waals surface area contributed by atoms with Crippen molar-refractivity contribution in [2.75, 3.05) is 20.8 Å². The van der Waals surface area contributed by atoms with E-state index in [4.69, 9.17) is 14.2 Å². The largest absolute Gasteiger partial charge is 0.497 e. The van der Waals surface area contributed by atoms with Crippen molar-refractivity contribution in [2.24, 2.45) is 0 Å². The standard InChI is InChI=1S/C22H26N2O3/c1-25-19-9-5-17(6-10-19)4-3-15-27-21(16-22-23-13-14-24-22)18-7-11-20(26-2)12-8-18/h5-14,21H,3-4,15-16H2,1-2H3,(H,23,24). The first-order valence-electron chi connectivity index (χ1n) is 9.15. The number of aryl methyl sites for hydroxylation is 1. The van der Waals surface area contributed by atoms with Crippen molar-refractivity contribution in [3.63, 3.8) is 0 Å². The Labute approximate surface area is 160 Å². The third-order valence-corrected chi connectivity index (χ3v) is 4.51. The summed E-state index contributed by atoms with van der Waals surface area (Å²) in [6, 6.07) is 16.2. The molecule has 1 aromatic heterocycles. The molecule has 142 valence electrons. The molecule has 0 aliphatic heterocycles. The zero-order valence-corrected chi connectivity index (χ0v) is 15.9. The van der Waals surface area contributed by atoms with E-state index in [-0.39, 0.29) is 6.10 Å². The lowest BCUT2D eigenvalue weighted by atomic mass is 10.1. The summed E-state index contributed by atoms with van der Waals surface area (Å²) in [6.07, 6.45) is 6.20. The van der Waals surface area contributed by atoms with Gasteiger partial charge in [0.15, 0.2) is 0 Å². The van der Waals surface area contributed by atoms with Crippen molar-refractivity contribution >= 4 is 0 Å². The van der Waals surface area contributed by atoms with Crippen molar-refractivity contribution in [1.82, 2.24) is 9.97 Å². The van der Waals surface area contributed by atoms with E-state index >= 15 is 0 Å². The summed E-state index contributed by atoms with van der Waals surface area (Å²) in [6.45, 7) is 0.684. The molecule has 0 aliphatic carbocycles. The number of nitrogens with zero attached hydrogens (tertiary/aromatic N) is 1. The minimum atomic E-state index is -0.0436. The third-order valence-electron chi connectivity index (χ3n) is 4.51. The number of benzene rings is 2. The van der Waals surface area contributed by atoms with Crippen LogP contribution in [0.5, 0.6) is 11.5 Å². The summed E-state index contributed by atoms with van der Waals surface area (Å²) in [4.78, 5) is 7.49. The Morgan fingerprint density at radius 1 is 0.926 bits per heavy atom. The van der Waals surface area contributed by atoms with Gasteiger partial charge in [-0.15, -0.1) is 0 Å². The number of imidazole rings is 1. The highest BCUT2D eigenvalue weighted by Gasteiger charge is 2.14. The lowest BCUT2D eigenvalue weighted by Crippen LogP contribution is -2.10. The van der Waals surface area contributed by atoms with Gasteiger partial charge in [-0.3, -0.25) is 0 Å². The average Bonchev–Trinajstić information content (AvgIpc) is 3.24. The highest BCUT2D eigenvalue weighted by atomic mass is 16.5. The van der Waals surface area contributed by atoms with E-state index < -0.39 is 0 Å². The summed E-state index contributed by atoms with van der Waals surface area (Å²) in [5, 5.41) is 0. The molecule has 5 nitrogen and oxygen atoms in total. The second-order valence-corrected chi connectivity index (χ2v) is 6.32. The van der Waals surface area contributed by atoms with Gasteiger partial charge in [0, 0.05) is 25.4 Å². The van der Waals surface area contributed by atoms with Crippen LogP contribution in [0, 0.1) is 0 Å². The van der Waals surface area contributed by atoms with Gasteiger partial charge >= 0.3 is 0 Å². The van der Waals surface area contributed by atoms with Crippen LogP contribution in [0.3, 0.4) is 0 Å². The summed E-state index contributed by atoms with van der Waals surface area (Å²) < 4.78 is 16.7. The molecule has 0 saturated heterocycles. The van der Waals surface area contributed by atoms with Gasteiger partial charge in [0.05, 0.1) is 20.3 Å². The fourth-order valence-corrected chi connectivity index (χ4v) is 2.97. The van der Waals surface area contributed by atoms with E-state index in [1.165, 1.54) is 5.56 Å². The molecule has 0 saturated carbocycles. The molecule has 3 rings (SSSR count). The van der Waals surface area contributed by atoms with E-state index in [1.54, 1.807) is 20.4 Å². The molecule has 1 heterocycles. The van der Waals surface area contributed by atoms with Crippen LogP contribution < -0.4 is 9.47 Å². The van der Waals surface area contributed by atoms with Gasteiger partial charge < -0.3 is 19.2 Å². The molecule has 5 heteroatoms. The van der Waals surface area contributed by atoms with Gasteiger partial charge in [-0.1, -0.05) is 24.3 Å². The Morgan fingerprint density at radius 3 is 2.19 bits per heavy atom. The van der Waals surface area contributed by atoms with Crippen molar-refractivity contribution in [2.45, 2.75) is 25.4 Å². The van der Waals surface area contributed by atoms with Crippen molar-refractivity contribution < 1.29 is 14.2 Å². The van der Waals surface area contributed by atoms with E-state index in [9.17, 15) is 0 Å². The normalized spacial score (nSPS) is 11.9. The van der Waals surface area contributed by atoms with Crippen LogP contribution >= 0.6 is 0 Å². The van der Waals surface area contributed by atoms with Gasteiger partial charge in [-0.05, 0) is 48.2 Å². The quantitative estimate of drug-likeness (QED) is 0.542. The van der Waals surface area contributed by atoms with Crippen LogP contribution in [0.4, 0.5) is 0 Å². The lowest BCUT2D eigenvalue weighted by molar-refractivity contribution is 0.0501. The zero-order valence-electron chi connectivity index (χ0n) is 15.9. The number of hydrogen-bond donors (Lipinski definition) is 1. The van der Waals surface area contributed by atoms with Crippen molar-refractivity contribution in [1.29, 1.82) is 0 Å². The third kappa shape index (κ3) is 5.59. The SMILES string of the molecule is COc1ccc(CCCOC(Cc2ncc[nH]2)c2ccc(OC)cc2)cc1. The number of aromatic amines is 1. The molecule has 0 spiro atoms. The lowest BCUT2D eigenvalue weighted by Gasteiger charge is -2.18. The van der Waals surface area contributed by atoms with Gasteiger partial charge in [-0.2, -0.15) is 0 Å². The summed E-state index contributed by atoms with van der Waals surface area (Å²) in [7, 11) is 3.35. The topological polar surface area (TPSA) is 56.4 Å². The molecule has 0 bridgehead atoms. The summed E-state index contributed by atoms with van der Waals surface area (Å²) in [5.41, 5.74) is 2.41. The second-order valence-electron chi connectivity index (χ2n) is 6.32. The second kappa shape index (κ2) is 9.78. The van der Waals surface area contributed by atoms with Crippen LogP contribution in [0.2, 0.25) is 0 Å². The fraction of sp³-hybridized carbons (Fsp3) is 0.318. The first-order chi connectivity index (χ1) is 13.3. The van der Waals surface area contributed by atoms with E-state index in [0.29, 0.717) is 13.0 Å². The number of methoxy groups -OCH3 is 2. The number of aromatic nitrogens is 2. The monoisotopic (exact) mass is 366 g/mol. The highest BCUT2D eigenvalue weighted by molar-refractivity contribution is 5.29. The molecule has 0 radical (unpaired) electrons.